The molecule has 1 aromatic heterocycles. The zero-order valence-corrected chi connectivity index (χ0v) is 16.7. The van der Waals surface area contributed by atoms with Crippen LogP contribution in [0.2, 0.25) is 0 Å². The van der Waals surface area contributed by atoms with Crippen LogP contribution >= 0.6 is 23.5 Å². The number of rotatable bonds is 5. The maximum atomic E-state index is 13.3. The largest absolute Gasteiger partial charge is 0.325 e. The number of fused-ring (bicyclic) bond motifs is 1. The van der Waals surface area contributed by atoms with Gasteiger partial charge in [0.1, 0.15) is 11.6 Å². The van der Waals surface area contributed by atoms with E-state index in [1.54, 1.807) is 6.07 Å². The van der Waals surface area contributed by atoms with Crippen LogP contribution in [0.3, 0.4) is 0 Å². The smallest absolute Gasteiger partial charge is 0.272 e. The van der Waals surface area contributed by atoms with E-state index >= 15 is 0 Å². The molecule has 2 heterocycles. The maximum Gasteiger partial charge on any atom is 0.272 e. The number of carbonyl (C=O) groups excluding carboxylic acids is 1. The van der Waals surface area contributed by atoms with Crippen molar-refractivity contribution in [3.63, 3.8) is 0 Å². The highest BCUT2D eigenvalue weighted by atomic mass is 32.2. The summed E-state index contributed by atoms with van der Waals surface area (Å²) in [5.74, 6) is -0.451. The van der Waals surface area contributed by atoms with Crippen LogP contribution in [0.25, 0.3) is 5.69 Å². The van der Waals surface area contributed by atoms with Crippen LogP contribution in [0.4, 0.5) is 14.5 Å². The number of nitrogens with zero attached hydrogens (tertiary/aromatic N) is 2. The van der Waals surface area contributed by atoms with Crippen LogP contribution in [-0.4, -0.2) is 27.0 Å². The number of aryl methyl sites for hydroxylation is 1. The van der Waals surface area contributed by atoms with E-state index in [9.17, 15) is 18.4 Å². The van der Waals surface area contributed by atoms with Crippen LogP contribution in [-0.2, 0) is 11.2 Å². The lowest BCUT2D eigenvalue weighted by Gasteiger charge is -2.13. The summed E-state index contributed by atoms with van der Waals surface area (Å²) in [5, 5.41) is 2.98. The van der Waals surface area contributed by atoms with Gasteiger partial charge in [-0.05, 0) is 42.5 Å². The summed E-state index contributed by atoms with van der Waals surface area (Å²) in [6.07, 6.45) is 0.683. The molecule has 1 aliphatic heterocycles. The molecular weight excluding hydrogens is 416 g/mol. The Morgan fingerprint density at radius 1 is 1.17 bits per heavy atom. The van der Waals surface area contributed by atoms with Crippen LogP contribution in [0.1, 0.15) is 5.69 Å². The van der Waals surface area contributed by atoms with Crippen molar-refractivity contribution in [3.05, 3.63) is 76.2 Å². The second-order valence-electron chi connectivity index (χ2n) is 6.23. The summed E-state index contributed by atoms with van der Waals surface area (Å²) in [6.45, 7) is 0. The van der Waals surface area contributed by atoms with Crippen LogP contribution < -0.4 is 10.9 Å². The van der Waals surface area contributed by atoms with Crippen molar-refractivity contribution in [1.29, 1.82) is 0 Å². The molecule has 0 spiro atoms. The molecule has 0 fully saturated rings. The van der Waals surface area contributed by atoms with E-state index in [0.29, 0.717) is 33.5 Å². The molecule has 3 aromatic rings. The third-order valence-corrected chi connectivity index (χ3v) is 6.24. The lowest BCUT2D eigenvalue weighted by atomic mass is 10.3. The van der Waals surface area contributed by atoms with Gasteiger partial charge >= 0.3 is 0 Å². The van der Waals surface area contributed by atoms with E-state index in [0.717, 1.165) is 17.5 Å². The van der Waals surface area contributed by atoms with Crippen molar-refractivity contribution in [1.82, 2.24) is 9.55 Å². The molecule has 1 amide bonds. The number of nitrogens with one attached hydrogen (secondary N) is 1. The monoisotopic (exact) mass is 431 g/mol. The van der Waals surface area contributed by atoms with E-state index in [-0.39, 0.29) is 17.2 Å². The third-order valence-electron chi connectivity index (χ3n) is 4.19. The standard InChI is InChI=1S/C20H15F2N3O2S2/c21-12-4-6-15(7-5-12)25-19(27)18-16(8-9-28-18)24-20(25)29-11-17(26)23-14-3-1-2-13(22)10-14/h1-7,10H,8-9,11H2,(H,23,26). The second-order valence-corrected chi connectivity index (χ2v) is 8.28. The molecule has 0 aliphatic carbocycles. The van der Waals surface area contributed by atoms with E-state index in [2.05, 4.69) is 10.3 Å². The topological polar surface area (TPSA) is 64.0 Å². The third kappa shape index (κ3) is 4.35. The summed E-state index contributed by atoms with van der Waals surface area (Å²) < 4.78 is 28.0. The summed E-state index contributed by atoms with van der Waals surface area (Å²) in [5.41, 5.74) is 1.32. The molecule has 1 N–H and O–H groups in total. The van der Waals surface area contributed by atoms with Gasteiger partial charge in [0.25, 0.3) is 5.56 Å². The first kappa shape index (κ1) is 19.7. The summed E-state index contributed by atoms with van der Waals surface area (Å²) in [6, 6.07) is 11.2. The Morgan fingerprint density at radius 3 is 2.72 bits per heavy atom. The Hall–Kier alpha value is -2.65. The minimum atomic E-state index is -0.446. The second kappa shape index (κ2) is 8.38. The molecular formula is C20H15F2N3O2S2. The average molecular weight is 431 g/mol. The highest BCUT2D eigenvalue weighted by Crippen LogP contribution is 2.30. The number of hydrogen-bond acceptors (Lipinski definition) is 5. The van der Waals surface area contributed by atoms with Gasteiger partial charge in [-0.15, -0.1) is 11.8 Å². The number of thioether (sulfide) groups is 2. The Balaban J connectivity index is 1.61. The van der Waals surface area contributed by atoms with E-state index < -0.39 is 11.6 Å². The molecule has 1 aliphatic rings. The average Bonchev–Trinajstić information content (AvgIpc) is 3.16. The van der Waals surface area contributed by atoms with Gasteiger partial charge in [0.05, 0.1) is 22.0 Å². The molecule has 0 unspecified atom stereocenters. The molecule has 2 aromatic carbocycles. The van der Waals surface area contributed by atoms with E-state index in [4.69, 9.17) is 0 Å². The normalized spacial score (nSPS) is 12.6. The molecule has 9 heteroatoms. The first-order chi connectivity index (χ1) is 14.0. The van der Waals surface area contributed by atoms with E-state index in [1.165, 1.54) is 58.8 Å². The molecule has 0 atom stereocenters. The van der Waals surface area contributed by atoms with E-state index in [1.807, 2.05) is 0 Å². The number of amides is 1. The number of benzene rings is 2. The lowest BCUT2D eigenvalue weighted by Crippen LogP contribution is -2.24. The molecule has 29 heavy (non-hydrogen) atoms. The quantitative estimate of drug-likeness (QED) is 0.491. The van der Waals surface area contributed by atoms with Crippen molar-refractivity contribution < 1.29 is 13.6 Å². The highest BCUT2D eigenvalue weighted by Gasteiger charge is 2.23. The lowest BCUT2D eigenvalue weighted by molar-refractivity contribution is -0.113. The van der Waals surface area contributed by atoms with Gasteiger partial charge in [-0.25, -0.2) is 13.8 Å². The fraction of sp³-hybridized carbons (Fsp3) is 0.150. The van der Waals surface area contributed by atoms with Gasteiger partial charge < -0.3 is 5.32 Å². The van der Waals surface area contributed by atoms with Gasteiger partial charge in [0.15, 0.2) is 5.16 Å². The summed E-state index contributed by atoms with van der Waals surface area (Å²) in [4.78, 5) is 30.4. The van der Waals surface area contributed by atoms with Crippen molar-refractivity contribution in [2.75, 3.05) is 16.8 Å². The minimum Gasteiger partial charge on any atom is -0.325 e. The molecule has 0 saturated heterocycles. The highest BCUT2D eigenvalue weighted by molar-refractivity contribution is 8.00. The predicted octanol–water partition coefficient (Wildman–Crippen LogP) is 3.89. The van der Waals surface area contributed by atoms with Crippen molar-refractivity contribution in [2.24, 2.45) is 0 Å². The number of carbonyl (C=O) groups is 1. The van der Waals surface area contributed by atoms with Crippen molar-refractivity contribution in [3.8, 4) is 5.69 Å². The number of aromatic nitrogens is 2. The van der Waals surface area contributed by atoms with Gasteiger partial charge in [0, 0.05) is 17.9 Å². The Labute approximate surface area is 173 Å². The molecule has 4 rings (SSSR count). The zero-order chi connectivity index (χ0) is 20.4. The number of halogens is 2. The Kier molecular flexibility index (Phi) is 5.68. The van der Waals surface area contributed by atoms with Crippen molar-refractivity contribution >= 4 is 35.1 Å². The fourth-order valence-electron chi connectivity index (χ4n) is 2.90. The predicted molar refractivity (Wildman–Crippen MR) is 110 cm³/mol. The van der Waals surface area contributed by atoms with Crippen LogP contribution in [0.15, 0.2) is 63.4 Å². The fourth-order valence-corrected chi connectivity index (χ4v) is 4.75. The molecule has 0 radical (unpaired) electrons. The minimum absolute atomic E-state index is 0.0178. The Bertz CT molecular complexity index is 1130. The zero-order valence-electron chi connectivity index (χ0n) is 15.0. The maximum absolute atomic E-state index is 13.3. The molecule has 5 nitrogen and oxygen atoms in total. The van der Waals surface area contributed by atoms with Gasteiger partial charge in [0.2, 0.25) is 5.91 Å². The van der Waals surface area contributed by atoms with Gasteiger partial charge in [-0.2, -0.15) is 0 Å². The molecule has 148 valence electrons. The van der Waals surface area contributed by atoms with Crippen LogP contribution in [0.5, 0.6) is 0 Å². The molecule has 0 bridgehead atoms. The van der Waals surface area contributed by atoms with Crippen LogP contribution in [0, 0.1) is 11.6 Å². The Morgan fingerprint density at radius 2 is 1.97 bits per heavy atom. The number of anilines is 1. The molecule has 0 saturated carbocycles. The number of hydrogen-bond donors (Lipinski definition) is 1. The van der Waals surface area contributed by atoms with Gasteiger partial charge in [-0.3, -0.25) is 14.2 Å². The summed E-state index contributed by atoms with van der Waals surface area (Å²) in [7, 11) is 0. The SMILES string of the molecule is O=C(CSc1nc2c(c(=O)n1-c1ccc(F)cc1)SCC2)Nc1cccc(F)c1. The van der Waals surface area contributed by atoms with Crippen molar-refractivity contribution in [2.45, 2.75) is 16.5 Å². The van der Waals surface area contributed by atoms with Gasteiger partial charge in [-0.1, -0.05) is 17.8 Å². The summed E-state index contributed by atoms with van der Waals surface area (Å²) >= 11 is 2.55. The first-order valence-electron chi connectivity index (χ1n) is 8.74. The first-order valence-corrected chi connectivity index (χ1v) is 10.7.